The SMILES string of the molecule is CCCCCCCC(=O)C[C@@H](CCCN=C(N)N)C(=O)N[C@H](C(=O)C[C@@H](CO)C(=O)N[C@@H](Cc1ccccc1)C(=O)C(C)C)C(C)C. The van der Waals surface area contributed by atoms with Crippen molar-refractivity contribution in [2.45, 2.75) is 117 Å². The van der Waals surface area contributed by atoms with Crippen molar-refractivity contribution in [2.75, 3.05) is 13.2 Å². The van der Waals surface area contributed by atoms with Crippen molar-refractivity contribution in [3.05, 3.63) is 35.9 Å². The van der Waals surface area contributed by atoms with E-state index >= 15 is 0 Å². The van der Waals surface area contributed by atoms with Gasteiger partial charge in [0.05, 0.1) is 24.6 Å². The summed E-state index contributed by atoms with van der Waals surface area (Å²) in [5, 5.41) is 15.7. The molecule has 0 unspecified atom stereocenters. The first-order valence-corrected chi connectivity index (χ1v) is 17.2. The number of hydrogen-bond donors (Lipinski definition) is 5. The smallest absolute Gasteiger partial charge is 0.226 e. The summed E-state index contributed by atoms with van der Waals surface area (Å²) in [5.41, 5.74) is 11.7. The molecule has 47 heavy (non-hydrogen) atoms. The Morgan fingerprint density at radius 1 is 0.830 bits per heavy atom. The number of carbonyl (C=O) groups excluding carboxylic acids is 5. The van der Waals surface area contributed by atoms with Gasteiger partial charge in [-0.15, -0.1) is 0 Å². The molecule has 0 aliphatic carbocycles. The van der Waals surface area contributed by atoms with Gasteiger partial charge in [-0.2, -0.15) is 0 Å². The van der Waals surface area contributed by atoms with Crippen LogP contribution in [0.15, 0.2) is 35.3 Å². The highest BCUT2D eigenvalue weighted by Crippen LogP contribution is 2.19. The minimum Gasteiger partial charge on any atom is -0.396 e. The number of nitrogens with zero attached hydrogens (tertiary/aromatic N) is 1. The fourth-order valence-electron chi connectivity index (χ4n) is 5.44. The summed E-state index contributed by atoms with van der Waals surface area (Å²) < 4.78 is 0. The number of nitrogens with one attached hydrogen (secondary N) is 2. The van der Waals surface area contributed by atoms with Gasteiger partial charge in [-0.05, 0) is 37.2 Å². The molecule has 0 saturated carbocycles. The van der Waals surface area contributed by atoms with Gasteiger partial charge in [0, 0.05) is 37.6 Å². The van der Waals surface area contributed by atoms with Gasteiger partial charge >= 0.3 is 0 Å². The zero-order valence-corrected chi connectivity index (χ0v) is 29.1. The van der Waals surface area contributed by atoms with E-state index in [1.807, 2.05) is 30.3 Å². The quantitative estimate of drug-likeness (QED) is 0.0597. The van der Waals surface area contributed by atoms with Gasteiger partial charge in [0.15, 0.2) is 17.5 Å². The van der Waals surface area contributed by atoms with Crippen LogP contribution in [0, 0.1) is 23.7 Å². The Labute approximate surface area is 281 Å². The van der Waals surface area contributed by atoms with Crippen molar-refractivity contribution in [3.8, 4) is 0 Å². The third kappa shape index (κ3) is 16.7. The molecule has 11 heteroatoms. The maximum atomic E-state index is 13.5. The number of carbonyl (C=O) groups is 5. The fraction of sp³-hybridized carbons (Fsp3) is 0.667. The molecule has 0 spiro atoms. The maximum absolute atomic E-state index is 13.5. The summed E-state index contributed by atoms with van der Waals surface area (Å²) in [4.78, 5) is 70.1. The molecular formula is C36H59N5O6. The molecule has 0 aliphatic rings. The van der Waals surface area contributed by atoms with Crippen molar-refractivity contribution in [3.63, 3.8) is 0 Å². The van der Waals surface area contributed by atoms with E-state index in [0.29, 0.717) is 25.8 Å². The van der Waals surface area contributed by atoms with Gasteiger partial charge in [0.2, 0.25) is 11.8 Å². The first-order chi connectivity index (χ1) is 22.3. The molecule has 0 aliphatic heterocycles. The molecule has 1 aromatic carbocycles. The second kappa shape index (κ2) is 22.8. The van der Waals surface area contributed by atoms with Crippen LogP contribution in [-0.4, -0.2) is 65.5 Å². The summed E-state index contributed by atoms with van der Waals surface area (Å²) >= 11 is 0. The first-order valence-electron chi connectivity index (χ1n) is 17.2. The Balaban J connectivity index is 3.00. The number of Topliss-reactive ketones (excluding diaryl/α,β-unsaturated/α-hetero) is 3. The topological polar surface area (TPSA) is 194 Å². The first kappa shape index (κ1) is 41.4. The van der Waals surface area contributed by atoms with E-state index in [2.05, 4.69) is 22.5 Å². The Hall–Kier alpha value is -3.60. The molecule has 0 aromatic heterocycles. The van der Waals surface area contributed by atoms with Gasteiger partial charge in [-0.25, -0.2) is 0 Å². The minimum atomic E-state index is -1.11. The van der Waals surface area contributed by atoms with Crippen LogP contribution < -0.4 is 22.1 Å². The number of hydrogen-bond acceptors (Lipinski definition) is 7. The normalized spacial score (nSPS) is 13.8. The summed E-state index contributed by atoms with van der Waals surface area (Å²) in [7, 11) is 0. The van der Waals surface area contributed by atoms with Crippen LogP contribution in [0.1, 0.15) is 104 Å². The van der Waals surface area contributed by atoms with Gasteiger partial charge in [0.25, 0.3) is 0 Å². The van der Waals surface area contributed by atoms with E-state index in [0.717, 1.165) is 37.7 Å². The van der Waals surface area contributed by atoms with Crippen molar-refractivity contribution < 1.29 is 29.1 Å². The lowest BCUT2D eigenvalue weighted by atomic mass is 9.89. The van der Waals surface area contributed by atoms with E-state index in [4.69, 9.17) is 11.5 Å². The van der Waals surface area contributed by atoms with Crippen molar-refractivity contribution >= 4 is 35.1 Å². The largest absolute Gasteiger partial charge is 0.396 e. The van der Waals surface area contributed by atoms with E-state index < -0.39 is 48.1 Å². The molecule has 1 rings (SSSR count). The number of amides is 2. The predicted molar refractivity (Wildman–Crippen MR) is 185 cm³/mol. The number of aliphatic imine (C=N–C) groups is 1. The Morgan fingerprint density at radius 2 is 1.47 bits per heavy atom. The number of unbranched alkanes of at least 4 members (excludes halogenated alkanes) is 4. The molecule has 1 aromatic rings. The number of benzene rings is 1. The van der Waals surface area contributed by atoms with E-state index in [1.165, 1.54) is 0 Å². The summed E-state index contributed by atoms with van der Waals surface area (Å²) in [6.07, 6.45) is 6.27. The van der Waals surface area contributed by atoms with Gasteiger partial charge in [0.1, 0.15) is 5.78 Å². The molecule has 264 valence electrons. The molecule has 11 nitrogen and oxygen atoms in total. The fourth-order valence-corrected chi connectivity index (χ4v) is 5.44. The van der Waals surface area contributed by atoms with Gasteiger partial charge in [-0.1, -0.05) is 90.6 Å². The molecule has 0 bridgehead atoms. The molecule has 0 radical (unpaired) electrons. The molecule has 2 amide bonds. The number of guanidine groups is 1. The molecule has 4 atom stereocenters. The minimum absolute atomic E-state index is 0.00562. The molecular weight excluding hydrogens is 598 g/mol. The second-order valence-electron chi connectivity index (χ2n) is 13.1. The van der Waals surface area contributed by atoms with E-state index in [-0.39, 0.29) is 48.6 Å². The molecule has 0 fully saturated rings. The lowest BCUT2D eigenvalue weighted by Gasteiger charge is -2.26. The Bertz CT molecular complexity index is 1150. The molecule has 0 saturated heterocycles. The summed E-state index contributed by atoms with van der Waals surface area (Å²) in [6, 6.07) is 7.53. The Morgan fingerprint density at radius 3 is 2.04 bits per heavy atom. The zero-order chi connectivity index (χ0) is 35.4. The van der Waals surface area contributed by atoms with E-state index in [9.17, 15) is 29.1 Å². The van der Waals surface area contributed by atoms with Gasteiger partial charge in [-0.3, -0.25) is 29.0 Å². The zero-order valence-electron chi connectivity index (χ0n) is 29.1. The van der Waals surface area contributed by atoms with Crippen LogP contribution in [0.25, 0.3) is 0 Å². The van der Waals surface area contributed by atoms with Crippen LogP contribution in [-0.2, 0) is 30.4 Å². The predicted octanol–water partition coefficient (Wildman–Crippen LogP) is 3.64. The van der Waals surface area contributed by atoms with Crippen LogP contribution >= 0.6 is 0 Å². The molecule has 0 heterocycles. The summed E-state index contributed by atoms with van der Waals surface area (Å²) in [6.45, 7) is 8.90. The standard InChI is InChI=1S/C36H59N5O6/c1-6-7-8-9-13-18-29(43)21-27(17-14-19-39-36(37)38)34(46)41-32(24(2)3)31(44)22-28(23-42)35(47)40-30(33(45)25(4)5)20-26-15-11-10-12-16-26/h10-12,15-16,24-25,27-28,30,32,42H,6-9,13-14,17-23H2,1-5H3,(H,40,47)(H,41,46)(H4,37,38,39)/t27-,28+,30+,32+/m1/s1. The van der Waals surface area contributed by atoms with Crippen molar-refractivity contribution in [2.24, 2.45) is 40.1 Å². The lowest BCUT2D eigenvalue weighted by Crippen LogP contribution is -2.50. The Kier molecular flexibility index (Phi) is 20.1. The highest BCUT2D eigenvalue weighted by atomic mass is 16.3. The lowest BCUT2D eigenvalue weighted by molar-refractivity contribution is -0.136. The number of nitrogens with two attached hydrogens (primary N) is 2. The number of ketones is 3. The average Bonchev–Trinajstić information content (AvgIpc) is 3.02. The highest BCUT2D eigenvalue weighted by Gasteiger charge is 2.33. The monoisotopic (exact) mass is 657 g/mol. The summed E-state index contributed by atoms with van der Waals surface area (Å²) in [5.74, 6) is -4.09. The third-order valence-corrected chi connectivity index (χ3v) is 8.27. The maximum Gasteiger partial charge on any atom is 0.226 e. The highest BCUT2D eigenvalue weighted by molar-refractivity contribution is 5.95. The van der Waals surface area contributed by atoms with Crippen LogP contribution in [0.2, 0.25) is 0 Å². The average molecular weight is 658 g/mol. The second-order valence-corrected chi connectivity index (χ2v) is 13.1. The van der Waals surface area contributed by atoms with Crippen LogP contribution in [0.4, 0.5) is 0 Å². The third-order valence-electron chi connectivity index (χ3n) is 8.27. The number of aliphatic hydroxyl groups excluding tert-OH is 1. The van der Waals surface area contributed by atoms with Gasteiger partial charge < -0.3 is 27.2 Å². The van der Waals surface area contributed by atoms with Crippen LogP contribution in [0.3, 0.4) is 0 Å². The van der Waals surface area contributed by atoms with E-state index in [1.54, 1.807) is 27.7 Å². The molecule has 7 N–H and O–H groups in total. The number of rotatable bonds is 25. The number of aliphatic hydroxyl groups is 1. The van der Waals surface area contributed by atoms with Crippen molar-refractivity contribution in [1.29, 1.82) is 0 Å². The van der Waals surface area contributed by atoms with Crippen molar-refractivity contribution in [1.82, 2.24) is 10.6 Å². The van der Waals surface area contributed by atoms with Crippen LogP contribution in [0.5, 0.6) is 0 Å².